The van der Waals surface area contributed by atoms with Gasteiger partial charge in [0, 0.05) is 12.4 Å². The molecule has 64 valence electrons. The Labute approximate surface area is 72.3 Å². The molecule has 1 saturated carbocycles. The van der Waals surface area contributed by atoms with E-state index in [-0.39, 0.29) is 6.10 Å². The quantitative estimate of drug-likeness (QED) is 0.738. The summed E-state index contributed by atoms with van der Waals surface area (Å²) in [5.41, 5.74) is 0.949. The summed E-state index contributed by atoms with van der Waals surface area (Å²) >= 11 is 0. The first-order valence-corrected chi connectivity index (χ1v) is 4.44. The lowest BCUT2D eigenvalue weighted by molar-refractivity contribution is 0.160. The first kappa shape index (κ1) is 7.74. The lowest BCUT2D eigenvalue weighted by atomic mass is 10.1. The molecule has 1 aromatic rings. The third kappa shape index (κ3) is 1.83. The van der Waals surface area contributed by atoms with Crippen molar-refractivity contribution in [2.45, 2.75) is 25.4 Å². The maximum Gasteiger partial charge on any atom is 0.0807 e. The minimum Gasteiger partial charge on any atom is -0.388 e. The Morgan fingerprint density at radius 1 is 1.58 bits per heavy atom. The zero-order chi connectivity index (χ0) is 8.39. The maximum atomic E-state index is 9.69. The van der Waals surface area contributed by atoms with Crippen molar-refractivity contribution in [2.75, 3.05) is 0 Å². The number of aliphatic hydroxyl groups excluding tert-OH is 1. The second-order valence-corrected chi connectivity index (χ2v) is 3.48. The highest BCUT2D eigenvalue weighted by molar-refractivity contribution is 5.12. The van der Waals surface area contributed by atoms with E-state index in [2.05, 4.69) is 4.98 Å². The van der Waals surface area contributed by atoms with E-state index in [0.29, 0.717) is 0 Å². The van der Waals surface area contributed by atoms with Crippen LogP contribution in [0.25, 0.3) is 0 Å². The van der Waals surface area contributed by atoms with Gasteiger partial charge >= 0.3 is 0 Å². The molecule has 1 fully saturated rings. The van der Waals surface area contributed by atoms with Crippen molar-refractivity contribution in [2.24, 2.45) is 5.92 Å². The maximum absolute atomic E-state index is 9.69. The molecule has 0 radical (unpaired) electrons. The highest BCUT2D eigenvalue weighted by Crippen LogP contribution is 2.37. The van der Waals surface area contributed by atoms with E-state index in [1.165, 1.54) is 12.8 Å². The van der Waals surface area contributed by atoms with E-state index in [4.69, 9.17) is 0 Å². The van der Waals surface area contributed by atoms with Crippen LogP contribution in [0.4, 0.5) is 0 Å². The van der Waals surface area contributed by atoms with Crippen molar-refractivity contribution in [3.8, 4) is 0 Å². The van der Waals surface area contributed by atoms with Gasteiger partial charge in [0.25, 0.3) is 0 Å². The molecule has 1 aromatic heterocycles. The van der Waals surface area contributed by atoms with E-state index in [1.54, 1.807) is 12.4 Å². The number of aromatic nitrogens is 1. The monoisotopic (exact) mass is 163 g/mol. The molecule has 1 heterocycles. The Balaban J connectivity index is 1.98. The average molecular weight is 163 g/mol. The van der Waals surface area contributed by atoms with Crippen LogP contribution < -0.4 is 0 Å². The summed E-state index contributed by atoms with van der Waals surface area (Å²) in [5, 5.41) is 9.69. The number of rotatable bonds is 3. The first-order chi connectivity index (χ1) is 5.86. The highest BCUT2D eigenvalue weighted by Gasteiger charge is 2.24. The second kappa shape index (κ2) is 3.23. The molecule has 0 saturated heterocycles. The van der Waals surface area contributed by atoms with Crippen LogP contribution in [0.15, 0.2) is 24.5 Å². The van der Waals surface area contributed by atoms with Crippen LogP contribution in [0.2, 0.25) is 0 Å². The van der Waals surface area contributed by atoms with Crippen molar-refractivity contribution in [3.05, 3.63) is 30.1 Å². The van der Waals surface area contributed by atoms with Crippen LogP contribution in [0.1, 0.15) is 30.9 Å². The molecular formula is C10H13NO. The Kier molecular flexibility index (Phi) is 2.09. The molecule has 1 unspecified atom stereocenters. The summed E-state index contributed by atoms with van der Waals surface area (Å²) in [6.45, 7) is 0. The lowest BCUT2D eigenvalue weighted by Gasteiger charge is -2.08. The second-order valence-electron chi connectivity index (χ2n) is 3.48. The summed E-state index contributed by atoms with van der Waals surface area (Å²) in [6.07, 6.45) is 6.66. The normalized spacial score (nSPS) is 19.1. The molecule has 0 aromatic carbocycles. The van der Waals surface area contributed by atoms with Gasteiger partial charge in [-0.1, -0.05) is 18.9 Å². The molecule has 12 heavy (non-hydrogen) atoms. The molecular weight excluding hydrogens is 150 g/mol. The molecule has 1 N–H and O–H groups in total. The van der Waals surface area contributed by atoms with Crippen LogP contribution in [0, 0.1) is 5.92 Å². The first-order valence-electron chi connectivity index (χ1n) is 4.44. The van der Waals surface area contributed by atoms with Gasteiger partial charge in [-0.15, -0.1) is 0 Å². The third-order valence-corrected chi connectivity index (χ3v) is 2.32. The van der Waals surface area contributed by atoms with Crippen LogP contribution >= 0.6 is 0 Å². The molecule has 1 aliphatic rings. The number of nitrogens with zero attached hydrogens (tertiary/aromatic N) is 1. The molecule has 2 nitrogen and oxygen atoms in total. The Bertz CT molecular complexity index is 243. The summed E-state index contributed by atoms with van der Waals surface area (Å²) in [7, 11) is 0. The number of aliphatic hydroxyl groups is 1. The summed E-state index contributed by atoms with van der Waals surface area (Å²) in [6, 6.07) is 3.80. The summed E-state index contributed by atoms with van der Waals surface area (Å²) in [5.74, 6) is 0.764. The Morgan fingerprint density at radius 3 is 3.00 bits per heavy atom. The summed E-state index contributed by atoms with van der Waals surface area (Å²) < 4.78 is 0. The van der Waals surface area contributed by atoms with Gasteiger partial charge in [0.1, 0.15) is 0 Å². The molecule has 0 amide bonds. The fraction of sp³-hybridized carbons (Fsp3) is 0.500. The predicted octanol–water partition coefficient (Wildman–Crippen LogP) is 1.92. The van der Waals surface area contributed by atoms with E-state index in [0.717, 1.165) is 17.9 Å². The third-order valence-electron chi connectivity index (χ3n) is 2.32. The fourth-order valence-corrected chi connectivity index (χ4v) is 1.38. The van der Waals surface area contributed by atoms with Crippen LogP contribution in [0.3, 0.4) is 0 Å². The molecule has 0 spiro atoms. The van der Waals surface area contributed by atoms with Crippen LogP contribution in [0.5, 0.6) is 0 Å². The minimum atomic E-state index is -0.300. The predicted molar refractivity (Wildman–Crippen MR) is 46.5 cm³/mol. The molecule has 2 rings (SSSR count). The smallest absolute Gasteiger partial charge is 0.0807 e. The van der Waals surface area contributed by atoms with Crippen molar-refractivity contribution in [1.82, 2.24) is 4.98 Å². The van der Waals surface area contributed by atoms with Gasteiger partial charge in [0.2, 0.25) is 0 Å². The zero-order valence-corrected chi connectivity index (χ0v) is 6.98. The van der Waals surface area contributed by atoms with E-state index >= 15 is 0 Å². The molecule has 1 aliphatic carbocycles. The lowest BCUT2D eigenvalue weighted by Crippen LogP contribution is -1.98. The summed E-state index contributed by atoms with van der Waals surface area (Å²) in [4.78, 5) is 3.97. The molecule has 0 bridgehead atoms. The van der Waals surface area contributed by atoms with Crippen LogP contribution in [-0.4, -0.2) is 10.1 Å². The van der Waals surface area contributed by atoms with E-state index in [1.807, 2.05) is 12.1 Å². The number of pyridine rings is 1. The highest BCUT2D eigenvalue weighted by atomic mass is 16.3. The van der Waals surface area contributed by atoms with Crippen molar-refractivity contribution in [1.29, 1.82) is 0 Å². The van der Waals surface area contributed by atoms with Gasteiger partial charge in [-0.3, -0.25) is 4.98 Å². The minimum absolute atomic E-state index is 0.300. The topological polar surface area (TPSA) is 33.1 Å². The van der Waals surface area contributed by atoms with Crippen LogP contribution in [-0.2, 0) is 0 Å². The number of hydrogen-bond acceptors (Lipinski definition) is 2. The van der Waals surface area contributed by atoms with Crippen molar-refractivity contribution >= 4 is 0 Å². The van der Waals surface area contributed by atoms with Gasteiger partial charge < -0.3 is 5.11 Å². The average Bonchev–Trinajstić information content (AvgIpc) is 2.90. The molecule has 2 heteroatoms. The SMILES string of the molecule is OC(CC1CC1)c1cccnc1. The molecule has 1 atom stereocenters. The van der Waals surface area contributed by atoms with Gasteiger partial charge in [-0.05, 0) is 24.0 Å². The molecule has 0 aliphatic heterocycles. The Hall–Kier alpha value is -0.890. The fourth-order valence-electron chi connectivity index (χ4n) is 1.38. The van der Waals surface area contributed by atoms with Crippen molar-refractivity contribution in [3.63, 3.8) is 0 Å². The van der Waals surface area contributed by atoms with Gasteiger partial charge in [0.15, 0.2) is 0 Å². The van der Waals surface area contributed by atoms with Gasteiger partial charge in [-0.25, -0.2) is 0 Å². The van der Waals surface area contributed by atoms with E-state index < -0.39 is 0 Å². The van der Waals surface area contributed by atoms with E-state index in [9.17, 15) is 5.11 Å². The van der Waals surface area contributed by atoms with Gasteiger partial charge in [-0.2, -0.15) is 0 Å². The van der Waals surface area contributed by atoms with Gasteiger partial charge in [0.05, 0.1) is 6.10 Å². The standard InChI is InChI=1S/C10H13NO/c12-10(6-8-3-4-8)9-2-1-5-11-7-9/h1-2,5,7-8,10,12H,3-4,6H2. The Morgan fingerprint density at radius 2 is 2.42 bits per heavy atom. The zero-order valence-electron chi connectivity index (χ0n) is 6.98. The largest absolute Gasteiger partial charge is 0.388 e. The van der Waals surface area contributed by atoms with Crippen molar-refractivity contribution < 1.29 is 5.11 Å². The number of hydrogen-bond donors (Lipinski definition) is 1.